The fourth-order valence-electron chi connectivity index (χ4n) is 6.58. The summed E-state index contributed by atoms with van der Waals surface area (Å²) in [5.74, 6) is 6.73. The van der Waals surface area contributed by atoms with Gasteiger partial charge in [-0.25, -0.2) is 0 Å². The van der Waals surface area contributed by atoms with Gasteiger partial charge in [-0.3, -0.25) is 0 Å². The van der Waals surface area contributed by atoms with Crippen LogP contribution in [0.2, 0.25) is 0 Å². The Morgan fingerprint density at radius 1 is 1.05 bits per heavy atom. The second-order valence-electron chi connectivity index (χ2n) is 9.52. The van der Waals surface area contributed by atoms with Crippen LogP contribution < -0.4 is 0 Å². The molecule has 2 rings (SSSR count). The van der Waals surface area contributed by atoms with E-state index in [0.717, 1.165) is 41.4 Å². The lowest BCUT2D eigenvalue weighted by Crippen LogP contribution is -2.36. The molecule has 0 aromatic heterocycles. The molecular formula is C22H42. The van der Waals surface area contributed by atoms with Crippen molar-refractivity contribution in [1.29, 1.82) is 0 Å². The summed E-state index contributed by atoms with van der Waals surface area (Å²) in [5.41, 5.74) is 0.556. The lowest BCUT2D eigenvalue weighted by atomic mass is 9.61. The first kappa shape index (κ1) is 18.3. The molecule has 0 N–H and O–H groups in total. The molecule has 0 aromatic rings. The molecule has 2 aliphatic rings. The van der Waals surface area contributed by atoms with E-state index in [1.165, 1.54) is 44.9 Å². The molecule has 0 spiro atoms. The van der Waals surface area contributed by atoms with Gasteiger partial charge in [0, 0.05) is 0 Å². The highest BCUT2D eigenvalue weighted by Crippen LogP contribution is 2.57. The van der Waals surface area contributed by atoms with Crippen molar-refractivity contribution in [2.75, 3.05) is 0 Å². The predicted molar refractivity (Wildman–Crippen MR) is 98.9 cm³/mol. The van der Waals surface area contributed by atoms with Gasteiger partial charge in [-0.15, -0.1) is 0 Å². The molecule has 0 nitrogen and oxygen atoms in total. The Kier molecular flexibility index (Phi) is 6.06. The molecule has 2 bridgehead atoms. The first-order valence-electron chi connectivity index (χ1n) is 10.4. The van der Waals surface area contributed by atoms with E-state index in [-0.39, 0.29) is 0 Å². The molecule has 2 fully saturated rings. The van der Waals surface area contributed by atoms with Crippen molar-refractivity contribution in [3.63, 3.8) is 0 Å². The normalized spacial score (nSPS) is 39.5. The average Bonchev–Trinajstić information content (AvgIpc) is 2.71. The largest absolute Gasteiger partial charge is 0.0651 e. The van der Waals surface area contributed by atoms with Crippen molar-refractivity contribution in [2.45, 2.75) is 93.4 Å². The highest BCUT2D eigenvalue weighted by Gasteiger charge is 2.48. The molecule has 2 saturated carbocycles. The van der Waals surface area contributed by atoms with Gasteiger partial charge >= 0.3 is 0 Å². The summed E-state index contributed by atoms with van der Waals surface area (Å²) in [6.45, 7) is 17.6. The molecular weight excluding hydrogens is 264 g/mol. The van der Waals surface area contributed by atoms with Gasteiger partial charge in [-0.05, 0) is 66.1 Å². The van der Waals surface area contributed by atoms with Crippen LogP contribution in [0.3, 0.4) is 0 Å². The van der Waals surface area contributed by atoms with Crippen molar-refractivity contribution in [3.05, 3.63) is 0 Å². The molecule has 22 heavy (non-hydrogen) atoms. The molecule has 0 saturated heterocycles. The third kappa shape index (κ3) is 3.41. The Morgan fingerprint density at radius 2 is 1.68 bits per heavy atom. The Labute approximate surface area is 140 Å². The van der Waals surface area contributed by atoms with Crippen LogP contribution in [-0.4, -0.2) is 0 Å². The minimum Gasteiger partial charge on any atom is -0.0651 e. The summed E-state index contributed by atoms with van der Waals surface area (Å²) in [6, 6.07) is 0. The van der Waals surface area contributed by atoms with Crippen LogP contribution in [-0.2, 0) is 0 Å². The predicted octanol–water partition coefficient (Wildman–Crippen LogP) is 7.18. The first-order valence-corrected chi connectivity index (χ1v) is 10.4. The molecule has 0 aromatic carbocycles. The molecule has 0 heteroatoms. The minimum absolute atomic E-state index is 0.556. The van der Waals surface area contributed by atoms with Crippen LogP contribution in [0.25, 0.3) is 0 Å². The zero-order chi connectivity index (χ0) is 16.5. The third-order valence-corrected chi connectivity index (χ3v) is 8.12. The highest BCUT2D eigenvalue weighted by atomic mass is 14.5. The Bertz CT molecular complexity index is 338. The molecule has 6 atom stereocenters. The van der Waals surface area contributed by atoms with Gasteiger partial charge in [0.05, 0.1) is 0 Å². The summed E-state index contributed by atoms with van der Waals surface area (Å²) < 4.78 is 0. The highest BCUT2D eigenvalue weighted by molar-refractivity contribution is 4.97. The van der Waals surface area contributed by atoms with Gasteiger partial charge < -0.3 is 0 Å². The molecule has 130 valence electrons. The first-order chi connectivity index (χ1) is 10.4. The maximum atomic E-state index is 2.60. The average molecular weight is 307 g/mol. The maximum absolute atomic E-state index is 2.60. The Morgan fingerprint density at radius 3 is 2.23 bits per heavy atom. The Hall–Kier alpha value is 0. The van der Waals surface area contributed by atoms with Crippen molar-refractivity contribution in [2.24, 2.45) is 46.8 Å². The van der Waals surface area contributed by atoms with Crippen LogP contribution in [0.5, 0.6) is 0 Å². The van der Waals surface area contributed by atoms with Crippen LogP contribution >= 0.6 is 0 Å². The van der Waals surface area contributed by atoms with Crippen LogP contribution in [0.1, 0.15) is 93.4 Å². The number of hydrogen-bond donors (Lipinski definition) is 0. The van der Waals surface area contributed by atoms with E-state index < -0.39 is 0 Å². The standard InChI is InChI=1S/C22H42/c1-8-17(9-2)16(5)20-14-22(6,7)21-12-11-15(4)19(20)13-18(21)10-3/h15-21H,8-14H2,1-7H3. The Balaban J connectivity index is 2.33. The monoisotopic (exact) mass is 306 g/mol. The number of fused-ring (bicyclic) bond motifs is 3. The summed E-state index contributed by atoms with van der Waals surface area (Å²) in [7, 11) is 0. The second-order valence-corrected chi connectivity index (χ2v) is 9.52. The molecule has 6 unspecified atom stereocenters. The SMILES string of the molecule is CCC(CC)C(C)C1CC(C)(C)C2CCC(C)C1CC2CC. The second kappa shape index (κ2) is 7.27. The van der Waals surface area contributed by atoms with E-state index in [1.807, 2.05) is 0 Å². The molecule has 2 aliphatic carbocycles. The third-order valence-electron chi connectivity index (χ3n) is 8.12. The zero-order valence-corrected chi connectivity index (χ0v) is 16.5. The quantitative estimate of drug-likeness (QED) is 0.504. The molecule has 0 heterocycles. The van der Waals surface area contributed by atoms with Gasteiger partial charge in [-0.2, -0.15) is 0 Å². The zero-order valence-electron chi connectivity index (χ0n) is 16.5. The van der Waals surface area contributed by atoms with Crippen molar-refractivity contribution in [3.8, 4) is 0 Å². The topological polar surface area (TPSA) is 0 Å². The summed E-state index contributed by atoms with van der Waals surface area (Å²) in [5, 5.41) is 0. The van der Waals surface area contributed by atoms with Gasteiger partial charge in [0.25, 0.3) is 0 Å². The van der Waals surface area contributed by atoms with E-state index in [0.29, 0.717) is 5.41 Å². The van der Waals surface area contributed by atoms with E-state index in [1.54, 1.807) is 0 Å². The van der Waals surface area contributed by atoms with E-state index in [9.17, 15) is 0 Å². The van der Waals surface area contributed by atoms with Gasteiger partial charge in [0.2, 0.25) is 0 Å². The molecule has 0 radical (unpaired) electrons. The number of hydrogen-bond acceptors (Lipinski definition) is 0. The van der Waals surface area contributed by atoms with Crippen molar-refractivity contribution in [1.82, 2.24) is 0 Å². The lowest BCUT2D eigenvalue weighted by molar-refractivity contribution is 0.0558. The summed E-state index contributed by atoms with van der Waals surface area (Å²) >= 11 is 0. The van der Waals surface area contributed by atoms with Crippen molar-refractivity contribution >= 4 is 0 Å². The van der Waals surface area contributed by atoms with Crippen LogP contribution in [0, 0.1) is 46.8 Å². The minimum atomic E-state index is 0.556. The van der Waals surface area contributed by atoms with Gasteiger partial charge in [0.15, 0.2) is 0 Å². The summed E-state index contributed by atoms with van der Waals surface area (Å²) in [4.78, 5) is 0. The smallest absolute Gasteiger partial charge is 0.0320 e. The summed E-state index contributed by atoms with van der Waals surface area (Å²) in [6.07, 6.45) is 10.1. The van der Waals surface area contributed by atoms with Gasteiger partial charge in [-0.1, -0.05) is 74.1 Å². The van der Waals surface area contributed by atoms with Crippen LogP contribution in [0.15, 0.2) is 0 Å². The van der Waals surface area contributed by atoms with E-state index in [2.05, 4.69) is 48.5 Å². The van der Waals surface area contributed by atoms with E-state index >= 15 is 0 Å². The fraction of sp³-hybridized carbons (Fsp3) is 1.00. The fourth-order valence-corrected chi connectivity index (χ4v) is 6.58. The molecule has 0 aliphatic heterocycles. The van der Waals surface area contributed by atoms with Gasteiger partial charge in [0.1, 0.15) is 0 Å². The van der Waals surface area contributed by atoms with Crippen LogP contribution in [0.4, 0.5) is 0 Å². The lowest BCUT2D eigenvalue weighted by Gasteiger charge is -2.44. The number of rotatable bonds is 5. The van der Waals surface area contributed by atoms with Crippen molar-refractivity contribution < 1.29 is 0 Å². The van der Waals surface area contributed by atoms with E-state index in [4.69, 9.17) is 0 Å². The molecule has 0 amide bonds. The maximum Gasteiger partial charge on any atom is -0.0320 e.